The molecule has 0 spiro atoms. The Morgan fingerprint density at radius 1 is 0.872 bits per heavy atom. The number of anilines is 1. The predicted molar refractivity (Wildman–Crippen MR) is 185 cm³/mol. The fraction of sp³-hybridized carbons (Fsp3) is 0.278. The molecule has 0 saturated carbocycles. The summed E-state index contributed by atoms with van der Waals surface area (Å²) >= 11 is 3.44. The first-order valence-corrected chi connectivity index (χ1v) is 17.4. The Kier molecular flexibility index (Phi) is 11.8. The molecule has 11 heteroatoms. The zero-order valence-corrected chi connectivity index (χ0v) is 29.2. The summed E-state index contributed by atoms with van der Waals surface area (Å²) in [6.07, 6.45) is 0.188. The summed E-state index contributed by atoms with van der Waals surface area (Å²) in [5.74, 6) is -1.06. The van der Waals surface area contributed by atoms with Crippen LogP contribution in [0.4, 0.5) is 10.1 Å². The number of halogens is 2. The molecule has 4 aromatic rings. The van der Waals surface area contributed by atoms with Gasteiger partial charge >= 0.3 is 0 Å². The number of amides is 2. The van der Waals surface area contributed by atoms with Gasteiger partial charge in [0.25, 0.3) is 10.0 Å². The molecule has 0 aliphatic carbocycles. The zero-order valence-electron chi connectivity index (χ0n) is 26.8. The topological polar surface area (TPSA) is 96.0 Å². The van der Waals surface area contributed by atoms with E-state index in [1.165, 1.54) is 41.3 Å². The molecule has 1 unspecified atom stereocenters. The van der Waals surface area contributed by atoms with Crippen LogP contribution in [0.2, 0.25) is 0 Å². The number of carbonyl (C=O) groups excluding carboxylic acids is 2. The van der Waals surface area contributed by atoms with E-state index in [-0.39, 0.29) is 29.5 Å². The Balaban J connectivity index is 1.80. The summed E-state index contributed by atoms with van der Waals surface area (Å²) in [4.78, 5) is 29.8. The van der Waals surface area contributed by atoms with E-state index in [4.69, 9.17) is 4.74 Å². The van der Waals surface area contributed by atoms with Crippen molar-refractivity contribution >= 4 is 43.5 Å². The highest BCUT2D eigenvalue weighted by atomic mass is 79.9. The molecule has 0 saturated heterocycles. The Labute approximate surface area is 284 Å². The number of carbonyl (C=O) groups is 2. The van der Waals surface area contributed by atoms with E-state index < -0.39 is 39.9 Å². The Morgan fingerprint density at radius 2 is 1.49 bits per heavy atom. The molecule has 0 aromatic heterocycles. The highest BCUT2D eigenvalue weighted by Gasteiger charge is 2.35. The van der Waals surface area contributed by atoms with Crippen molar-refractivity contribution in [3.05, 3.63) is 125 Å². The maximum absolute atomic E-state index is 14.5. The number of rotatable bonds is 13. The summed E-state index contributed by atoms with van der Waals surface area (Å²) in [6.45, 7) is 7.16. The molecule has 248 valence electrons. The van der Waals surface area contributed by atoms with Gasteiger partial charge in [-0.15, -0.1) is 0 Å². The van der Waals surface area contributed by atoms with Crippen LogP contribution in [0.5, 0.6) is 5.75 Å². The van der Waals surface area contributed by atoms with Crippen LogP contribution < -0.4 is 14.4 Å². The van der Waals surface area contributed by atoms with E-state index in [0.29, 0.717) is 12.4 Å². The monoisotopic (exact) mass is 723 g/mol. The van der Waals surface area contributed by atoms with E-state index >= 15 is 0 Å². The SMILES string of the molecule is CCOc1ccc(S(=O)(=O)N(CC(=O)N(Cc2ccc(Br)cc2)C(Cc2ccccc2)C(=O)NC(C)(C)C)c2ccc(F)cc2)cc1. The Morgan fingerprint density at radius 3 is 2.06 bits per heavy atom. The van der Waals surface area contributed by atoms with Gasteiger partial charge in [-0.3, -0.25) is 13.9 Å². The molecule has 4 aromatic carbocycles. The van der Waals surface area contributed by atoms with Crippen molar-refractivity contribution in [1.82, 2.24) is 10.2 Å². The van der Waals surface area contributed by atoms with Crippen molar-refractivity contribution < 1.29 is 27.1 Å². The predicted octanol–water partition coefficient (Wildman–Crippen LogP) is 6.74. The molecular weight excluding hydrogens is 685 g/mol. The molecule has 0 fully saturated rings. The van der Waals surface area contributed by atoms with Crippen molar-refractivity contribution in [1.29, 1.82) is 0 Å². The summed E-state index contributed by atoms with van der Waals surface area (Å²) in [5, 5.41) is 3.01. The van der Waals surface area contributed by atoms with Gasteiger partial charge in [-0.1, -0.05) is 58.4 Å². The van der Waals surface area contributed by atoms with Gasteiger partial charge in [0.05, 0.1) is 17.2 Å². The van der Waals surface area contributed by atoms with Crippen LogP contribution in [-0.2, 0) is 32.6 Å². The van der Waals surface area contributed by atoms with E-state index in [0.717, 1.165) is 32.0 Å². The highest BCUT2D eigenvalue weighted by Crippen LogP contribution is 2.27. The molecule has 2 amide bonds. The van der Waals surface area contributed by atoms with Crippen LogP contribution >= 0.6 is 15.9 Å². The Bertz CT molecular complexity index is 1750. The number of ether oxygens (including phenoxy) is 1. The summed E-state index contributed by atoms with van der Waals surface area (Å²) in [6, 6.07) is 26.4. The fourth-order valence-corrected chi connectivity index (χ4v) is 6.61. The van der Waals surface area contributed by atoms with Crippen LogP contribution in [0.1, 0.15) is 38.8 Å². The molecule has 0 radical (unpaired) electrons. The minimum absolute atomic E-state index is 0.0293. The number of nitrogens with one attached hydrogen (secondary N) is 1. The third kappa shape index (κ3) is 9.89. The van der Waals surface area contributed by atoms with Crippen LogP contribution in [0.15, 0.2) is 112 Å². The second-order valence-electron chi connectivity index (χ2n) is 12.0. The molecule has 0 aliphatic rings. The normalized spacial score (nSPS) is 12.2. The quantitative estimate of drug-likeness (QED) is 0.165. The molecule has 0 heterocycles. The average Bonchev–Trinajstić information content (AvgIpc) is 3.03. The van der Waals surface area contributed by atoms with Gasteiger partial charge in [0.1, 0.15) is 24.2 Å². The number of sulfonamides is 1. The van der Waals surface area contributed by atoms with E-state index in [1.54, 1.807) is 0 Å². The van der Waals surface area contributed by atoms with Gasteiger partial charge in [-0.2, -0.15) is 0 Å². The largest absolute Gasteiger partial charge is 0.494 e. The van der Waals surface area contributed by atoms with E-state index in [9.17, 15) is 22.4 Å². The highest BCUT2D eigenvalue weighted by molar-refractivity contribution is 9.10. The molecule has 1 N–H and O–H groups in total. The standard InChI is InChI=1S/C36H39BrFN3O5S/c1-5-46-31-19-21-32(22-20-31)47(44,45)41(30-17-15-29(38)16-18-30)25-34(42)40(24-27-11-13-28(37)14-12-27)33(35(43)39-36(2,3)4)23-26-9-7-6-8-10-26/h6-22,33H,5,23-25H2,1-4H3,(H,39,43). The summed E-state index contributed by atoms with van der Waals surface area (Å²) in [7, 11) is -4.34. The van der Waals surface area contributed by atoms with Crippen LogP contribution in [0, 0.1) is 5.82 Å². The first kappa shape index (κ1) is 35.6. The Hall–Kier alpha value is -4.22. The number of hydrogen-bond donors (Lipinski definition) is 1. The van der Waals surface area contributed by atoms with Crippen molar-refractivity contribution in [2.75, 3.05) is 17.5 Å². The molecule has 8 nitrogen and oxygen atoms in total. The number of nitrogens with zero attached hydrogens (tertiary/aromatic N) is 2. The second kappa shape index (κ2) is 15.6. The van der Waals surface area contributed by atoms with Gasteiger partial charge < -0.3 is 15.0 Å². The van der Waals surface area contributed by atoms with Crippen LogP contribution in [0.3, 0.4) is 0 Å². The van der Waals surface area contributed by atoms with Crippen LogP contribution in [-0.4, -0.2) is 49.9 Å². The lowest BCUT2D eigenvalue weighted by Crippen LogP contribution is -2.56. The summed E-state index contributed by atoms with van der Waals surface area (Å²) < 4.78 is 49.6. The number of benzene rings is 4. The maximum atomic E-state index is 14.5. The third-order valence-corrected chi connectivity index (χ3v) is 9.47. The maximum Gasteiger partial charge on any atom is 0.264 e. The zero-order chi connectivity index (χ0) is 34.2. The first-order valence-electron chi connectivity index (χ1n) is 15.2. The van der Waals surface area contributed by atoms with Crippen molar-refractivity contribution in [2.45, 2.75) is 57.1 Å². The molecular formula is C36H39BrFN3O5S. The lowest BCUT2D eigenvalue weighted by molar-refractivity contribution is -0.140. The van der Waals surface area contributed by atoms with Gasteiger partial charge in [0, 0.05) is 23.0 Å². The minimum atomic E-state index is -4.34. The summed E-state index contributed by atoms with van der Waals surface area (Å²) in [5.41, 5.74) is 1.06. The second-order valence-corrected chi connectivity index (χ2v) is 14.8. The van der Waals surface area contributed by atoms with Crippen molar-refractivity contribution in [2.24, 2.45) is 0 Å². The van der Waals surface area contributed by atoms with Gasteiger partial charge in [-0.05, 0) is 99.5 Å². The minimum Gasteiger partial charge on any atom is -0.494 e. The van der Waals surface area contributed by atoms with Gasteiger partial charge in [-0.25, -0.2) is 12.8 Å². The number of hydrogen-bond acceptors (Lipinski definition) is 5. The lowest BCUT2D eigenvalue weighted by Gasteiger charge is -2.35. The van der Waals surface area contributed by atoms with Crippen LogP contribution in [0.25, 0.3) is 0 Å². The van der Waals surface area contributed by atoms with Crippen molar-refractivity contribution in [3.63, 3.8) is 0 Å². The third-order valence-electron chi connectivity index (χ3n) is 7.15. The fourth-order valence-electron chi connectivity index (χ4n) is 4.93. The molecule has 4 rings (SSSR count). The average molecular weight is 725 g/mol. The molecule has 1 atom stereocenters. The smallest absolute Gasteiger partial charge is 0.264 e. The van der Waals surface area contributed by atoms with E-state index in [2.05, 4.69) is 21.2 Å². The molecule has 0 aliphatic heterocycles. The molecule has 0 bridgehead atoms. The van der Waals surface area contributed by atoms with Gasteiger partial charge in [0.15, 0.2) is 0 Å². The van der Waals surface area contributed by atoms with Crippen molar-refractivity contribution in [3.8, 4) is 5.75 Å². The van der Waals surface area contributed by atoms with E-state index in [1.807, 2.05) is 82.3 Å². The first-order chi connectivity index (χ1) is 22.3. The van der Waals surface area contributed by atoms with Gasteiger partial charge in [0.2, 0.25) is 11.8 Å². The lowest BCUT2D eigenvalue weighted by atomic mass is 10.0. The molecule has 47 heavy (non-hydrogen) atoms.